The van der Waals surface area contributed by atoms with Gasteiger partial charge in [0, 0.05) is 5.38 Å². The molecular formula is C9H17ClO2S. The lowest BCUT2D eigenvalue weighted by Gasteiger charge is -2.28. The van der Waals surface area contributed by atoms with E-state index >= 15 is 0 Å². The van der Waals surface area contributed by atoms with Crippen LogP contribution in [0.15, 0.2) is 0 Å². The van der Waals surface area contributed by atoms with Crippen molar-refractivity contribution in [3.8, 4) is 0 Å². The molecule has 0 amide bonds. The molecule has 2 nitrogen and oxygen atoms in total. The molecule has 1 heterocycles. The van der Waals surface area contributed by atoms with Crippen molar-refractivity contribution in [1.29, 1.82) is 0 Å². The third kappa shape index (κ3) is 3.13. The molecule has 4 heteroatoms. The van der Waals surface area contributed by atoms with E-state index in [9.17, 15) is 8.42 Å². The predicted octanol–water partition coefficient (Wildman–Crippen LogP) is 2.07. The number of hydrogen-bond donors (Lipinski definition) is 0. The number of sulfone groups is 1. The quantitative estimate of drug-likeness (QED) is 0.673. The summed E-state index contributed by atoms with van der Waals surface area (Å²) in [5, 5.41) is 0.135. The fraction of sp³-hybridized carbons (Fsp3) is 1.00. The SMILES string of the molecule is CC(C)C(Cl)C1CCS(=O)(=O)CC1. The summed E-state index contributed by atoms with van der Waals surface area (Å²) >= 11 is 6.19. The molecule has 1 unspecified atom stereocenters. The third-order valence-corrected chi connectivity index (χ3v) is 5.26. The summed E-state index contributed by atoms with van der Waals surface area (Å²) in [6.07, 6.45) is 1.49. The van der Waals surface area contributed by atoms with E-state index in [1.807, 2.05) is 0 Å². The van der Waals surface area contributed by atoms with Crippen molar-refractivity contribution in [2.45, 2.75) is 32.1 Å². The average molecular weight is 225 g/mol. The smallest absolute Gasteiger partial charge is 0.150 e. The minimum atomic E-state index is -2.73. The van der Waals surface area contributed by atoms with Crippen molar-refractivity contribution in [1.82, 2.24) is 0 Å². The van der Waals surface area contributed by atoms with Crippen LogP contribution in [0.1, 0.15) is 26.7 Å². The van der Waals surface area contributed by atoms with Gasteiger partial charge >= 0.3 is 0 Å². The summed E-state index contributed by atoms with van der Waals surface area (Å²) in [5.74, 6) is 1.49. The Bertz CT molecular complexity index is 245. The van der Waals surface area contributed by atoms with Gasteiger partial charge < -0.3 is 0 Å². The van der Waals surface area contributed by atoms with E-state index in [0.29, 0.717) is 23.3 Å². The van der Waals surface area contributed by atoms with Gasteiger partial charge in [0.25, 0.3) is 0 Å². The fourth-order valence-electron chi connectivity index (χ4n) is 1.77. The Morgan fingerprint density at radius 2 is 1.69 bits per heavy atom. The molecule has 1 rings (SSSR count). The van der Waals surface area contributed by atoms with Gasteiger partial charge in [-0.3, -0.25) is 0 Å². The van der Waals surface area contributed by atoms with Crippen LogP contribution in [0.4, 0.5) is 0 Å². The normalized spacial score (nSPS) is 26.2. The van der Waals surface area contributed by atoms with Crippen LogP contribution in [0, 0.1) is 11.8 Å². The highest BCUT2D eigenvalue weighted by atomic mass is 35.5. The van der Waals surface area contributed by atoms with Gasteiger partial charge in [0.15, 0.2) is 0 Å². The zero-order valence-electron chi connectivity index (χ0n) is 8.16. The van der Waals surface area contributed by atoms with Crippen LogP contribution in [0.2, 0.25) is 0 Å². The number of rotatable bonds is 2. The van der Waals surface area contributed by atoms with E-state index in [1.165, 1.54) is 0 Å². The van der Waals surface area contributed by atoms with Gasteiger partial charge in [-0.25, -0.2) is 8.42 Å². The van der Waals surface area contributed by atoms with Crippen LogP contribution in [0.5, 0.6) is 0 Å². The molecule has 0 N–H and O–H groups in total. The van der Waals surface area contributed by atoms with Crippen LogP contribution >= 0.6 is 11.6 Å². The molecule has 1 atom stereocenters. The van der Waals surface area contributed by atoms with Crippen LogP contribution in [0.25, 0.3) is 0 Å². The molecule has 1 fully saturated rings. The standard InChI is InChI=1S/C9H17ClO2S/c1-7(2)9(10)8-3-5-13(11,12)6-4-8/h7-9H,3-6H2,1-2H3. The summed E-state index contributed by atoms with van der Waals surface area (Å²) in [6, 6.07) is 0. The van der Waals surface area contributed by atoms with Crippen molar-refractivity contribution in [3.63, 3.8) is 0 Å². The lowest BCUT2D eigenvalue weighted by Crippen LogP contribution is -2.30. The first-order chi connectivity index (χ1) is 5.92. The van der Waals surface area contributed by atoms with Crippen LogP contribution in [0.3, 0.4) is 0 Å². The van der Waals surface area contributed by atoms with E-state index in [0.717, 1.165) is 12.8 Å². The second-order valence-electron chi connectivity index (χ2n) is 4.18. The third-order valence-electron chi connectivity index (χ3n) is 2.69. The first-order valence-corrected chi connectivity index (χ1v) is 7.02. The van der Waals surface area contributed by atoms with Crippen molar-refractivity contribution < 1.29 is 8.42 Å². The van der Waals surface area contributed by atoms with Crippen LogP contribution in [-0.4, -0.2) is 25.3 Å². The van der Waals surface area contributed by atoms with Crippen molar-refractivity contribution in [2.75, 3.05) is 11.5 Å². The lowest BCUT2D eigenvalue weighted by atomic mass is 9.92. The van der Waals surface area contributed by atoms with Gasteiger partial charge in [0.05, 0.1) is 11.5 Å². The highest BCUT2D eigenvalue weighted by molar-refractivity contribution is 7.91. The topological polar surface area (TPSA) is 34.1 Å². The molecule has 0 radical (unpaired) electrons. The Morgan fingerprint density at radius 3 is 2.08 bits per heavy atom. The van der Waals surface area contributed by atoms with Crippen molar-refractivity contribution in [2.24, 2.45) is 11.8 Å². The van der Waals surface area contributed by atoms with Crippen molar-refractivity contribution in [3.05, 3.63) is 0 Å². The molecule has 0 bridgehead atoms. The number of alkyl halides is 1. The molecule has 0 aromatic heterocycles. The van der Waals surface area contributed by atoms with Gasteiger partial charge in [-0.1, -0.05) is 13.8 Å². The molecule has 1 saturated heterocycles. The highest BCUT2D eigenvalue weighted by Gasteiger charge is 2.29. The molecule has 0 aliphatic carbocycles. The Labute approximate surface area is 85.6 Å². The average Bonchev–Trinajstić information content (AvgIpc) is 2.03. The summed E-state index contributed by atoms with van der Waals surface area (Å²) in [5.41, 5.74) is 0. The van der Waals surface area contributed by atoms with E-state index in [1.54, 1.807) is 0 Å². The monoisotopic (exact) mass is 224 g/mol. The first-order valence-electron chi connectivity index (χ1n) is 4.77. The zero-order valence-corrected chi connectivity index (χ0v) is 9.74. The Balaban J connectivity index is 2.50. The first kappa shape index (κ1) is 11.3. The zero-order chi connectivity index (χ0) is 10.1. The minimum Gasteiger partial charge on any atom is -0.229 e. The molecule has 78 valence electrons. The minimum absolute atomic E-state index is 0.135. The molecule has 0 aromatic rings. The Kier molecular flexibility index (Phi) is 3.64. The fourth-order valence-corrected chi connectivity index (χ4v) is 3.55. The number of hydrogen-bond acceptors (Lipinski definition) is 2. The Morgan fingerprint density at radius 1 is 1.23 bits per heavy atom. The van der Waals surface area contributed by atoms with E-state index in [-0.39, 0.29) is 5.38 Å². The second kappa shape index (κ2) is 4.18. The summed E-state index contributed by atoms with van der Waals surface area (Å²) in [6.45, 7) is 4.17. The largest absolute Gasteiger partial charge is 0.229 e. The molecule has 0 saturated carbocycles. The van der Waals surface area contributed by atoms with Gasteiger partial charge in [0.1, 0.15) is 9.84 Å². The van der Waals surface area contributed by atoms with Gasteiger partial charge in [-0.15, -0.1) is 11.6 Å². The lowest BCUT2D eigenvalue weighted by molar-refractivity contribution is 0.386. The number of halogens is 1. The van der Waals surface area contributed by atoms with E-state index in [2.05, 4.69) is 13.8 Å². The van der Waals surface area contributed by atoms with Crippen molar-refractivity contribution >= 4 is 21.4 Å². The van der Waals surface area contributed by atoms with Crippen LogP contribution in [-0.2, 0) is 9.84 Å². The summed E-state index contributed by atoms with van der Waals surface area (Å²) < 4.78 is 22.3. The molecule has 1 aliphatic rings. The predicted molar refractivity (Wildman–Crippen MR) is 55.9 cm³/mol. The molecule has 0 aromatic carbocycles. The second-order valence-corrected chi connectivity index (χ2v) is 6.99. The molecule has 13 heavy (non-hydrogen) atoms. The van der Waals surface area contributed by atoms with Gasteiger partial charge in [-0.05, 0) is 24.7 Å². The summed E-state index contributed by atoms with van der Waals surface area (Å²) in [7, 11) is -2.73. The van der Waals surface area contributed by atoms with Crippen LogP contribution < -0.4 is 0 Å². The maximum atomic E-state index is 11.1. The summed E-state index contributed by atoms with van der Waals surface area (Å²) in [4.78, 5) is 0. The van der Waals surface area contributed by atoms with Gasteiger partial charge in [-0.2, -0.15) is 0 Å². The van der Waals surface area contributed by atoms with E-state index in [4.69, 9.17) is 11.6 Å². The maximum Gasteiger partial charge on any atom is 0.150 e. The molecule has 1 aliphatic heterocycles. The maximum absolute atomic E-state index is 11.1. The van der Waals surface area contributed by atoms with E-state index < -0.39 is 9.84 Å². The molecule has 0 spiro atoms. The Hall–Kier alpha value is 0.240. The molecular weight excluding hydrogens is 208 g/mol. The van der Waals surface area contributed by atoms with Gasteiger partial charge in [0.2, 0.25) is 0 Å². The highest BCUT2D eigenvalue weighted by Crippen LogP contribution is 2.29.